The van der Waals surface area contributed by atoms with Crippen molar-refractivity contribution in [3.05, 3.63) is 52.8 Å². The van der Waals surface area contributed by atoms with Crippen LogP contribution in [-0.4, -0.2) is 14.9 Å². The summed E-state index contributed by atoms with van der Waals surface area (Å²) in [5.74, 6) is 0. The van der Waals surface area contributed by atoms with E-state index >= 15 is 0 Å². The standard InChI is InChI=1S/C13H15ClN2O/c1-2-8-16-12(11(14)9-15-16)13(17)10-6-4-3-5-7-10/h3-7,9,13,17H,2,8H2,1H3. The molecule has 2 aromatic rings. The van der Waals surface area contributed by atoms with E-state index in [9.17, 15) is 5.11 Å². The smallest absolute Gasteiger partial charge is 0.122 e. The molecule has 4 heteroatoms. The van der Waals surface area contributed by atoms with Gasteiger partial charge >= 0.3 is 0 Å². The van der Waals surface area contributed by atoms with Crippen LogP contribution in [-0.2, 0) is 6.54 Å². The zero-order chi connectivity index (χ0) is 12.3. The van der Waals surface area contributed by atoms with E-state index in [0.717, 1.165) is 18.5 Å². The Kier molecular flexibility index (Phi) is 3.82. The van der Waals surface area contributed by atoms with Crippen molar-refractivity contribution < 1.29 is 5.11 Å². The van der Waals surface area contributed by atoms with E-state index < -0.39 is 6.10 Å². The van der Waals surface area contributed by atoms with Gasteiger partial charge in [0.25, 0.3) is 0 Å². The van der Waals surface area contributed by atoms with Gasteiger partial charge in [-0.05, 0) is 12.0 Å². The second-order valence-corrected chi connectivity index (χ2v) is 4.32. The summed E-state index contributed by atoms with van der Waals surface area (Å²) in [6, 6.07) is 9.47. The number of hydrogen-bond acceptors (Lipinski definition) is 2. The highest BCUT2D eigenvalue weighted by Gasteiger charge is 2.19. The molecule has 0 saturated heterocycles. The SMILES string of the molecule is CCCn1ncc(Cl)c1C(O)c1ccccc1. The first-order valence-corrected chi connectivity index (χ1v) is 6.06. The molecule has 3 nitrogen and oxygen atoms in total. The molecule has 0 aliphatic carbocycles. The van der Waals surface area contributed by atoms with Crippen molar-refractivity contribution in [3.63, 3.8) is 0 Å². The lowest BCUT2D eigenvalue weighted by Crippen LogP contribution is -2.10. The predicted molar refractivity (Wildman–Crippen MR) is 68.0 cm³/mol. The zero-order valence-corrected chi connectivity index (χ0v) is 10.4. The van der Waals surface area contributed by atoms with Crippen molar-refractivity contribution >= 4 is 11.6 Å². The van der Waals surface area contributed by atoms with Crippen LogP contribution in [0.4, 0.5) is 0 Å². The van der Waals surface area contributed by atoms with Crippen molar-refractivity contribution in [2.75, 3.05) is 0 Å². The van der Waals surface area contributed by atoms with Crippen molar-refractivity contribution in [1.29, 1.82) is 0 Å². The van der Waals surface area contributed by atoms with Crippen LogP contribution >= 0.6 is 11.6 Å². The Hall–Kier alpha value is -1.32. The molecule has 1 aromatic heterocycles. The van der Waals surface area contributed by atoms with Gasteiger partial charge in [-0.15, -0.1) is 0 Å². The van der Waals surface area contributed by atoms with Crippen LogP contribution in [0.1, 0.15) is 30.7 Å². The number of aliphatic hydroxyl groups excluding tert-OH is 1. The highest BCUT2D eigenvalue weighted by atomic mass is 35.5. The summed E-state index contributed by atoms with van der Waals surface area (Å²) < 4.78 is 1.76. The van der Waals surface area contributed by atoms with Gasteiger partial charge in [-0.1, -0.05) is 48.9 Å². The molecule has 0 fully saturated rings. The van der Waals surface area contributed by atoms with Crippen LogP contribution in [0.15, 0.2) is 36.5 Å². The van der Waals surface area contributed by atoms with Gasteiger partial charge in [-0.3, -0.25) is 4.68 Å². The fourth-order valence-corrected chi connectivity index (χ4v) is 2.07. The molecular formula is C13H15ClN2O. The van der Waals surface area contributed by atoms with Crippen molar-refractivity contribution in [3.8, 4) is 0 Å². The number of halogens is 1. The van der Waals surface area contributed by atoms with Crippen LogP contribution in [0.25, 0.3) is 0 Å². The summed E-state index contributed by atoms with van der Waals surface area (Å²) in [5, 5.41) is 15.0. The average molecular weight is 251 g/mol. The third-order valence-electron chi connectivity index (χ3n) is 2.64. The van der Waals surface area contributed by atoms with Crippen LogP contribution < -0.4 is 0 Å². The number of aliphatic hydroxyl groups is 1. The van der Waals surface area contributed by atoms with Crippen LogP contribution in [0.3, 0.4) is 0 Å². The number of hydrogen-bond donors (Lipinski definition) is 1. The summed E-state index contributed by atoms with van der Waals surface area (Å²) in [5.41, 5.74) is 1.49. The maximum Gasteiger partial charge on any atom is 0.122 e. The minimum atomic E-state index is -0.724. The maximum absolute atomic E-state index is 10.3. The topological polar surface area (TPSA) is 38.0 Å². The van der Waals surface area contributed by atoms with Gasteiger partial charge in [0.1, 0.15) is 6.10 Å². The monoisotopic (exact) mass is 250 g/mol. The van der Waals surface area contributed by atoms with E-state index in [1.165, 1.54) is 0 Å². The normalized spacial score (nSPS) is 12.6. The minimum absolute atomic E-state index is 0.509. The first-order chi connectivity index (χ1) is 8.24. The third kappa shape index (κ3) is 2.51. The molecule has 2 rings (SSSR count). The molecule has 1 aromatic carbocycles. The molecule has 17 heavy (non-hydrogen) atoms. The first-order valence-electron chi connectivity index (χ1n) is 5.68. The van der Waals surface area contributed by atoms with Crippen LogP contribution in [0.5, 0.6) is 0 Å². The molecule has 0 spiro atoms. The molecule has 0 aliphatic rings. The summed E-state index contributed by atoms with van der Waals surface area (Å²) in [6.45, 7) is 2.82. The van der Waals surface area contributed by atoms with E-state index in [0.29, 0.717) is 10.7 Å². The van der Waals surface area contributed by atoms with Gasteiger partial charge in [-0.25, -0.2) is 0 Å². The maximum atomic E-state index is 10.3. The van der Waals surface area contributed by atoms with E-state index in [-0.39, 0.29) is 0 Å². The number of aryl methyl sites for hydroxylation is 1. The summed E-state index contributed by atoms with van der Waals surface area (Å²) in [7, 11) is 0. The van der Waals surface area contributed by atoms with Crippen molar-refractivity contribution in [2.45, 2.75) is 26.0 Å². The molecule has 1 atom stereocenters. The Morgan fingerprint density at radius 3 is 2.71 bits per heavy atom. The fourth-order valence-electron chi connectivity index (χ4n) is 1.83. The largest absolute Gasteiger partial charge is 0.382 e. The lowest BCUT2D eigenvalue weighted by molar-refractivity contribution is 0.207. The lowest BCUT2D eigenvalue weighted by atomic mass is 10.1. The molecule has 0 radical (unpaired) electrons. The van der Waals surface area contributed by atoms with E-state index in [1.807, 2.05) is 30.3 Å². The highest BCUT2D eigenvalue weighted by Crippen LogP contribution is 2.28. The second-order valence-electron chi connectivity index (χ2n) is 3.91. The third-order valence-corrected chi connectivity index (χ3v) is 2.93. The summed E-state index contributed by atoms with van der Waals surface area (Å²) in [6.07, 6.45) is 1.81. The van der Waals surface area contributed by atoms with E-state index in [1.54, 1.807) is 10.9 Å². The Balaban J connectivity index is 2.36. The van der Waals surface area contributed by atoms with Crippen LogP contribution in [0, 0.1) is 0 Å². The van der Waals surface area contributed by atoms with Gasteiger partial charge in [0.2, 0.25) is 0 Å². The van der Waals surface area contributed by atoms with Gasteiger partial charge in [0.05, 0.1) is 16.9 Å². The van der Waals surface area contributed by atoms with Gasteiger partial charge in [0.15, 0.2) is 0 Å². The van der Waals surface area contributed by atoms with Gasteiger partial charge < -0.3 is 5.11 Å². The Morgan fingerprint density at radius 1 is 1.35 bits per heavy atom. The lowest BCUT2D eigenvalue weighted by Gasteiger charge is -2.14. The number of aromatic nitrogens is 2. The molecule has 0 bridgehead atoms. The molecule has 1 heterocycles. The van der Waals surface area contributed by atoms with Crippen molar-refractivity contribution in [2.24, 2.45) is 0 Å². The Bertz CT molecular complexity index is 481. The van der Waals surface area contributed by atoms with Gasteiger partial charge in [-0.2, -0.15) is 5.10 Å². The molecule has 1 unspecified atom stereocenters. The van der Waals surface area contributed by atoms with Crippen molar-refractivity contribution in [1.82, 2.24) is 9.78 Å². The molecule has 0 amide bonds. The van der Waals surface area contributed by atoms with E-state index in [2.05, 4.69) is 12.0 Å². The molecule has 0 saturated carbocycles. The molecule has 1 N–H and O–H groups in total. The van der Waals surface area contributed by atoms with Gasteiger partial charge in [0, 0.05) is 6.54 Å². The number of rotatable bonds is 4. The summed E-state index contributed by atoms with van der Waals surface area (Å²) in [4.78, 5) is 0. The fraction of sp³-hybridized carbons (Fsp3) is 0.308. The second kappa shape index (κ2) is 5.34. The quantitative estimate of drug-likeness (QED) is 0.906. The summed E-state index contributed by atoms with van der Waals surface area (Å²) >= 11 is 6.08. The van der Waals surface area contributed by atoms with Crippen LogP contribution in [0.2, 0.25) is 5.02 Å². The van der Waals surface area contributed by atoms with E-state index in [4.69, 9.17) is 11.6 Å². The minimum Gasteiger partial charge on any atom is -0.382 e. The highest BCUT2D eigenvalue weighted by molar-refractivity contribution is 6.31. The number of nitrogens with zero attached hydrogens (tertiary/aromatic N) is 2. The molecule has 90 valence electrons. The number of benzene rings is 1. The zero-order valence-electron chi connectivity index (χ0n) is 9.68. The average Bonchev–Trinajstić information content (AvgIpc) is 2.71. The molecule has 0 aliphatic heterocycles. The predicted octanol–water partition coefficient (Wildman–Crippen LogP) is 3.03. The Labute approximate surface area is 106 Å². The molecular weight excluding hydrogens is 236 g/mol. The Morgan fingerprint density at radius 2 is 2.06 bits per heavy atom. The first kappa shape index (κ1) is 12.1.